The van der Waals surface area contributed by atoms with Crippen molar-refractivity contribution in [2.24, 2.45) is 0 Å². The van der Waals surface area contributed by atoms with Crippen LogP contribution >= 0.6 is 0 Å². The monoisotopic (exact) mass is 314 g/mol. The highest BCUT2D eigenvalue weighted by Gasteiger charge is 2.15. The van der Waals surface area contributed by atoms with Crippen LogP contribution in [0.3, 0.4) is 0 Å². The Morgan fingerprint density at radius 2 is 1.86 bits per heavy atom. The second-order valence-corrected chi connectivity index (χ2v) is 7.05. The van der Waals surface area contributed by atoms with Gasteiger partial charge >= 0.3 is 0 Å². The van der Waals surface area contributed by atoms with Crippen LogP contribution in [0, 0.1) is 0 Å². The normalized spacial score (nSPS) is 13.4. The van der Waals surface area contributed by atoms with Gasteiger partial charge in [-0.05, 0) is 38.9 Å². The van der Waals surface area contributed by atoms with E-state index in [1.807, 2.05) is 45.9 Å². The lowest BCUT2D eigenvalue weighted by atomic mass is 10.1. The van der Waals surface area contributed by atoms with Crippen LogP contribution in [0.2, 0.25) is 0 Å². The molecule has 0 aromatic heterocycles. The molecule has 5 nitrogen and oxygen atoms in total. The van der Waals surface area contributed by atoms with E-state index in [2.05, 4.69) is 10.0 Å². The molecule has 1 rings (SSSR count). The lowest BCUT2D eigenvalue weighted by Crippen LogP contribution is -2.24. The van der Waals surface area contributed by atoms with Gasteiger partial charge in [-0.15, -0.1) is 0 Å². The van der Waals surface area contributed by atoms with Crippen LogP contribution in [-0.4, -0.2) is 33.4 Å². The van der Waals surface area contributed by atoms with Crippen molar-refractivity contribution in [3.8, 4) is 0 Å². The maximum absolute atomic E-state index is 12.1. The third-order valence-corrected chi connectivity index (χ3v) is 4.24. The molecule has 21 heavy (non-hydrogen) atoms. The number of hydrogen-bond donors (Lipinski definition) is 2. The van der Waals surface area contributed by atoms with Crippen molar-refractivity contribution in [1.29, 1.82) is 0 Å². The molecule has 1 atom stereocenters. The Labute approximate surface area is 128 Å². The maximum atomic E-state index is 12.1. The Morgan fingerprint density at radius 3 is 2.48 bits per heavy atom. The summed E-state index contributed by atoms with van der Waals surface area (Å²) in [5.41, 5.74) is 1.56. The molecule has 0 saturated heterocycles. The Morgan fingerprint density at radius 1 is 1.19 bits per heavy atom. The predicted molar refractivity (Wildman–Crippen MR) is 87.0 cm³/mol. The summed E-state index contributed by atoms with van der Waals surface area (Å²) < 4.78 is 32.2. The molecular formula is C15H26N2O3S. The van der Waals surface area contributed by atoms with Gasteiger partial charge in [0.05, 0.1) is 24.2 Å². The Bertz CT molecular complexity index is 529. The first-order valence-electron chi connectivity index (χ1n) is 7.30. The minimum atomic E-state index is -3.40. The summed E-state index contributed by atoms with van der Waals surface area (Å²) in [6, 6.07) is 7.52. The van der Waals surface area contributed by atoms with Gasteiger partial charge in [0.15, 0.2) is 0 Å². The number of sulfonamides is 1. The van der Waals surface area contributed by atoms with Gasteiger partial charge in [0.25, 0.3) is 0 Å². The number of nitrogens with one attached hydrogen (secondary N) is 2. The first-order valence-corrected chi connectivity index (χ1v) is 8.95. The summed E-state index contributed by atoms with van der Waals surface area (Å²) in [5.74, 6) is -0.0465. The quantitative estimate of drug-likeness (QED) is 0.735. The summed E-state index contributed by atoms with van der Waals surface area (Å²) in [7, 11) is -3.40. The van der Waals surface area contributed by atoms with Crippen LogP contribution in [0.25, 0.3) is 0 Å². The molecule has 2 N–H and O–H groups in total. The molecule has 1 aromatic carbocycles. The summed E-state index contributed by atoms with van der Waals surface area (Å²) in [6.45, 7) is 8.81. The fourth-order valence-corrected chi connectivity index (χ4v) is 2.93. The topological polar surface area (TPSA) is 67.4 Å². The summed E-state index contributed by atoms with van der Waals surface area (Å²) in [6.07, 6.45) is 0.0289. The van der Waals surface area contributed by atoms with Gasteiger partial charge in [0, 0.05) is 6.04 Å². The van der Waals surface area contributed by atoms with Crippen LogP contribution < -0.4 is 10.0 Å². The molecule has 1 aromatic rings. The SMILES string of the molecule is CCNC(C)c1ccccc1NS(=O)(=O)CCOC(C)C. The molecule has 0 spiro atoms. The Kier molecular flexibility index (Phi) is 7.14. The van der Waals surface area contributed by atoms with Crippen molar-refractivity contribution in [3.05, 3.63) is 29.8 Å². The summed E-state index contributed by atoms with van der Waals surface area (Å²) in [5, 5.41) is 3.29. The van der Waals surface area contributed by atoms with Crippen molar-refractivity contribution in [1.82, 2.24) is 5.32 Å². The van der Waals surface area contributed by atoms with Gasteiger partial charge in [-0.25, -0.2) is 8.42 Å². The zero-order valence-corrected chi connectivity index (χ0v) is 14.0. The van der Waals surface area contributed by atoms with Crippen molar-refractivity contribution in [2.45, 2.75) is 39.8 Å². The Hall–Kier alpha value is -1.11. The van der Waals surface area contributed by atoms with Crippen molar-refractivity contribution >= 4 is 15.7 Å². The zero-order valence-electron chi connectivity index (χ0n) is 13.2. The molecule has 0 aliphatic rings. The molecule has 1 unspecified atom stereocenters. The van der Waals surface area contributed by atoms with Gasteiger partial charge in [0.1, 0.15) is 0 Å². The van der Waals surface area contributed by atoms with E-state index < -0.39 is 10.0 Å². The average molecular weight is 314 g/mol. The van der Waals surface area contributed by atoms with Crippen molar-refractivity contribution in [3.63, 3.8) is 0 Å². The first-order chi connectivity index (χ1) is 9.85. The van der Waals surface area contributed by atoms with Gasteiger partial charge in [0.2, 0.25) is 10.0 Å². The second kappa shape index (κ2) is 8.36. The van der Waals surface area contributed by atoms with Gasteiger partial charge in [-0.1, -0.05) is 25.1 Å². The second-order valence-electron chi connectivity index (χ2n) is 5.21. The van der Waals surface area contributed by atoms with E-state index in [1.165, 1.54) is 0 Å². The van der Waals surface area contributed by atoms with Gasteiger partial charge < -0.3 is 10.1 Å². The highest BCUT2D eigenvalue weighted by molar-refractivity contribution is 7.92. The van der Waals surface area contributed by atoms with Gasteiger partial charge in [-0.3, -0.25) is 4.72 Å². The smallest absolute Gasteiger partial charge is 0.235 e. The van der Waals surface area contributed by atoms with E-state index in [9.17, 15) is 8.42 Å². The van der Waals surface area contributed by atoms with Crippen LogP contribution in [0.4, 0.5) is 5.69 Å². The van der Waals surface area contributed by atoms with Crippen molar-refractivity contribution in [2.75, 3.05) is 23.6 Å². The highest BCUT2D eigenvalue weighted by Crippen LogP contribution is 2.23. The standard InChI is InChI=1S/C15H26N2O3S/c1-5-16-13(4)14-8-6-7-9-15(14)17-21(18,19)11-10-20-12(2)3/h6-9,12-13,16-17H,5,10-11H2,1-4H3. The third kappa shape index (κ3) is 6.46. The van der Waals surface area contributed by atoms with E-state index in [0.717, 1.165) is 12.1 Å². The predicted octanol–water partition coefficient (Wildman–Crippen LogP) is 2.52. The molecule has 0 saturated carbocycles. The van der Waals surface area contributed by atoms with E-state index in [-0.39, 0.29) is 24.5 Å². The van der Waals surface area contributed by atoms with E-state index in [1.54, 1.807) is 6.07 Å². The van der Waals surface area contributed by atoms with E-state index >= 15 is 0 Å². The molecule has 0 aliphatic carbocycles. The molecule has 0 amide bonds. The van der Waals surface area contributed by atoms with Crippen molar-refractivity contribution < 1.29 is 13.2 Å². The molecule has 0 radical (unpaired) electrons. The van der Waals surface area contributed by atoms with Crippen LogP contribution in [0.1, 0.15) is 39.3 Å². The fraction of sp³-hybridized carbons (Fsp3) is 0.600. The molecule has 0 heterocycles. The van der Waals surface area contributed by atoms with E-state index in [0.29, 0.717) is 5.69 Å². The molecular weight excluding hydrogens is 288 g/mol. The lowest BCUT2D eigenvalue weighted by molar-refractivity contribution is 0.0913. The number of ether oxygens (including phenoxy) is 1. The van der Waals surface area contributed by atoms with Crippen LogP contribution in [-0.2, 0) is 14.8 Å². The Balaban J connectivity index is 2.77. The minimum absolute atomic E-state index is 0.0289. The molecule has 0 fully saturated rings. The molecule has 120 valence electrons. The van der Waals surface area contributed by atoms with Gasteiger partial charge in [-0.2, -0.15) is 0 Å². The number of anilines is 1. The lowest BCUT2D eigenvalue weighted by Gasteiger charge is -2.18. The van der Waals surface area contributed by atoms with Crippen LogP contribution in [0.15, 0.2) is 24.3 Å². The number of para-hydroxylation sites is 1. The minimum Gasteiger partial charge on any atom is -0.378 e. The summed E-state index contributed by atoms with van der Waals surface area (Å²) >= 11 is 0. The number of rotatable bonds is 9. The molecule has 0 aliphatic heterocycles. The fourth-order valence-electron chi connectivity index (χ4n) is 2.00. The summed E-state index contributed by atoms with van der Waals surface area (Å²) in [4.78, 5) is 0. The largest absolute Gasteiger partial charge is 0.378 e. The first kappa shape index (κ1) is 17.9. The van der Waals surface area contributed by atoms with E-state index in [4.69, 9.17) is 4.74 Å². The zero-order chi connectivity index (χ0) is 15.9. The third-order valence-electron chi connectivity index (χ3n) is 3.01. The maximum Gasteiger partial charge on any atom is 0.235 e. The molecule has 6 heteroatoms. The molecule has 0 bridgehead atoms. The van der Waals surface area contributed by atoms with Crippen LogP contribution in [0.5, 0.6) is 0 Å². The number of hydrogen-bond acceptors (Lipinski definition) is 4. The average Bonchev–Trinajstić information content (AvgIpc) is 2.38. The highest BCUT2D eigenvalue weighted by atomic mass is 32.2. The number of benzene rings is 1.